The first kappa shape index (κ1) is 20.4. The largest absolute Gasteiger partial charge is 0.493 e. The fourth-order valence-electron chi connectivity index (χ4n) is 4.35. The number of rotatable bonds is 6. The maximum absolute atomic E-state index is 10.3. The first-order valence-corrected chi connectivity index (χ1v) is 10.2. The second-order valence-electron chi connectivity index (χ2n) is 7.42. The van der Waals surface area contributed by atoms with Crippen LogP contribution in [0.2, 0.25) is 0 Å². The summed E-state index contributed by atoms with van der Waals surface area (Å²) in [4.78, 5) is 13.7. The van der Waals surface area contributed by atoms with Crippen LogP contribution in [0, 0.1) is 0 Å². The molecule has 4 rings (SSSR count). The Hall–Kier alpha value is -2.87. The maximum Gasteiger partial charge on any atom is 0.319 e. The second-order valence-corrected chi connectivity index (χ2v) is 7.42. The summed E-state index contributed by atoms with van der Waals surface area (Å²) in [5, 5.41) is 10.3. The van der Waals surface area contributed by atoms with E-state index in [0.29, 0.717) is 36.0 Å². The Labute approximate surface area is 175 Å². The van der Waals surface area contributed by atoms with Gasteiger partial charge in [-0.15, -0.1) is 0 Å². The smallest absolute Gasteiger partial charge is 0.319 e. The summed E-state index contributed by atoms with van der Waals surface area (Å²) < 4.78 is 22.1. The summed E-state index contributed by atoms with van der Waals surface area (Å²) in [5.74, 6) is 1.83. The summed E-state index contributed by atoms with van der Waals surface area (Å²) in [7, 11) is 4.70. The Bertz CT molecular complexity index is 962. The summed E-state index contributed by atoms with van der Waals surface area (Å²) in [6.07, 6.45) is 3.56. The molecule has 0 unspecified atom stereocenters. The quantitative estimate of drug-likeness (QED) is 0.778. The van der Waals surface area contributed by atoms with Crippen LogP contribution < -0.4 is 18.9 Å². The van der Waals surface area contributed by atoms with E-state index in [1.807, 2.05) is 19.1 Å². The summed E-state index contributed by atoms with van der Waals surface area (Å²) in [6.45, 7) is 2.48. The predicted molar refractivity (Wildman–Crippen MR) is 111 cm³/mol. The van der Waals surface area contributed by atoms with Crippen LogP contribution in [-0.2, 0) is 0 Å². The van der Waals surface area contributed by atoms with Gasteiger partial charge in [-0.1, -0.05) is 0 Å². The van der Waals surface area contributed by atoms with E-state index in [4.69, 9.17) is 23.9 Å². The molecule has 0 saturated heterocycles. The van der Waals surface area contributed by atoms with Crippen molar-refractivity contribution in [3.8, 4) is 23.4 Å². The molecule has 160 valence electrons. The van der Waals surface area contributed by atoms with Gasteiger partial charge in [0.25, 0.3) is 0 Å². The number of methoxy groups -OCH3 is 3. The molecule has 1 aliphatic carbocycles. The minimum absolute atomic E-state index is 0.0607. The molecule has 0 amide bonds. The molecule has 8 nitrogen and oxygen atoms in total. The van der Waals surface area contributed by atoms with Gasteiger partial charge in [-0.2, -0.15) is 4.98 Å². The van der Waals surface area contributed by atoms with Gasteiger partial charge >= 0.3 is 6.01 Å². The predicted octanol–water partition coefficient (Wildman–Crippen LogP) is 2.75. The van der Waals surface area contributed by atoms with Gasteiger partial charge in [-0.05, 0) is 43.9 Å². The van der Waals surface area contributed by atoms with E-state index in [0.717, 1.165) is 29.7 Å². The Morgan fingerprint density at radius 3 is 2.57 bits per heavy atom. The summed E-state index contributed by atoms with van der Waals surface area (Å²) in [5.41, 5.74) is 3.45. The van der Waals surface area contributed by atoms with Crippen LogP contribution in [0.3, 0.4) is 0 Å². The van der Waals surface area contributed by atoms with E-state index in [1.165, 1.54) is 7.11 Å². The molecule has 1 aromatic carbocycles. The average Bonchev–Trinajstić information content (AvgIpc) is 2.78. The third-order valence-corrected chi connectivity index (χ3v) is 5.73. The molecule has 1 N–H and O–H groups in total. The molecule has 1 fully saturated rings. The Morgan fingerprint density at radius 2 is 1.87 bits per heavy atom. The lowest BCUT2D eigenvalue weighted by Crippen LogP contribution is -2.34. The van der Waals surface area contributed by atoms with Crippen LogP contribution in [-0.4, -0.2) is 60.9 Å². The van der Waals surface area contributed by atoms with Crippen molar-refractivity contribution in [3.05, 3.63) is 35.0 Å². The van der Waals surface area contributed by atoms with Crippen LogP contribution in [0.25, 0.3) is 0 Å². The van der Waals surface area contributed by atoms with Crippen molar-refractivity contribution in [2.45, 2.75) is 44.2 Å². The lowest BCUT2D eigenvalue weighted by molar-refractivity contribution is 0.111. The molecule has 0 spiro atoms. The highest BCUT2D eigenvalue weighted by molar-refractivity contribution is 6.16. The number of aliphatic hydroxyl groups is 1. The zero-order valence-corrected chi connectivity index (χ0v) is 17.7. The molecular formula is C22H27N3O5. The first-order chi connectivity index (χ1) is 14.6. The number of fused-ring (bicyclic) bond motifs is 3. The van der Waals surface area contributed by atoms with Crippen molar-refractivity contribution in [1.29, 1.82) is 0 Å². The van der Waals surface area contributed by atoms with Crippen molar-refractivity contribution in [2.75, 3.05) is 27.9 Å². The van der Waals surface area contributed by atoms with Gasteiger partial charge in [0.15, 0.2) is 11.5 Å². The number of aliphatic imine (C=N–C) groups is 1. The normalized spacial score (nSPS) is 22.4. The Morgan fingerprint density at radius 1 is 1.03 bits per heavy atom. The van der Waals surface area contributed by atoms with Gasteiger partial charge in [0.1, 0.15) is 0 Å². The topological polar surface area (TPSA) is 95.3 Å². The van der Waals surface area contributed by atoms with Gasteiger partial charge < -0.3 is 24.1 Å². The van der Waals surface area contributed by atoms with Gasteiger partial charge in [-0.3, -0.25) is 4.99 Å². The molecule has 2 heterocycles. The molecule has 2 aliphatic rings. The van der Waals surface area contributed by atoms with Crippen molar-refractivity contribution in [2.24, 2.45) is 4.99 Å². The first-order valence-electron chi connectivity index (χ1n) is 10.2. The van der Waals surface area contributed by atoms with E-state index in [1.54, 1.807) is 20.4 Å². The molecule has 0 bridgehead atoms. The minimum atomic E-state index is -0.327. The fraction of sp³-hybridized carbons (Fsp3) is 0.500. The highest BCUT2D eigenvalue weighted by atomic mass is 16.5. The van der Waals surface area contributed by atoms with Crippen LogP contribution in [0.5, 0.6) is 23.4 Å². The average molecular weight is 413 g/mol. The molecule has 2 aromatic rings. The van der Waals surface area contributed by atoms with E-state index in [2.05, 4.69) is 9.97 Å². The van der Waals surface area contributed by atoms with Crippen molar-refractivity contribution < 1.29 is 24.1 Å². The number of ether oxygens (including phenoxy) is 4. The lowest BCUT2D eigenvalue weighted by atomic mass is 9.74. The highest BCUT2D eigenvalue weighted by Crippen LogP contribution is 2.45. The molecule has 1 aromatic heterocycles. The molecule has 0 radical (unpaired) electrons. The molecule has 1 aliphatic heterocycles. The van der Waals surface area contributed by atoms with Gasteiger partial charge in [-0.25, -0.2) is 4.98 Å². The number of aromatic nitrogens is 2. The van der Waals surface area contributed by atoms with Crippen LogP contribution >= 0.6 is 0 Å². The summed E-state index contributed by atoms with van der Waals surface area (Å²) in [6, 6.07) is 4.26. The number of hydrogen-bond acceptors (Lipinski definition) is 8. The molecule has 1 saturated carbocycles. The molecule has 8 heteroatoms. The van der Waals surface area contributed by atoms with Crippen molar-refractivity contribution >= 4 is 5.71 Å². The number of benzene rings is 1. The Kier molecular flexibility index (Phi) is 5.76. The SMILES string of the molecule is CCOc1cc2c(cc1OC)C(c1cnc(OC)nc1OC)=N[C@@H]1CC[C@@H](O)C[C@H]21. The molecular weight excluding hydrogens is 386 g/mol. The number of hydrogen-bond donors (Lipinski definition) is 1. The fourth-order valence-corrected chi connectivity index (χ4v) is 4.35. The van der Waals surface area contributed by atoms with E-state index in [9.17, 15) is 5.11 Å². The van der Waals surface area contributed by atoms with Crippen LogP contribution in [0.15, 0.2) is 23.3 Å². The lowest BCUT2D eigenvalue weighted by Gasteiger charge is -2.37. The minimum Gasteiger partial charge on any atom is -0.493 e. The highest BCUT2D eigenvalue weighted by Gasteiger charge is 2.38. The maximum atomic E-state index is 10.3. The molecule has 3 atom stereocenters. The number of nitrogens with zero attached hydrogens (tertiary/aromatic N) is 3. The van der Waals surface area contributed by atoms with Crippen molar-refractivity contribution in [3.63, 3.8) is 0 Å². The number of aliphatic hydroxyl groups excluding tert-OH is 1. The standard InChI is InChI=1S/C22H27N3O5/c1-5-30-19-9-13-14-8-12(26)6-7-17(14)24-20(15(13)10-18(19)27-2)16-11-23-22(29-4)25-21(16)28-3/h9-12,14,17,26H,5-8H2,1-4H3/t12-,14-,17-/m1/s1. The summed E-state index contributed by atoms with van der Waals surface area (Å²) >= 11 is 0. The van der Waals surface area contributed by atoms with Gasteiger partial charge in [0.2, 0.25) is 5.88 Å². The van der Waals surface area contributed by atoms with E-state index in [-0.39, 0.29) is 24.1 Å². The van der Waals surface area contributed by atoms with E-state index >= 15 is 0 Å². The zero-order chi connectivity index (χ0) is 21.3. The van der Waals surface area contributed by atoms with Crippen LogP contribution in [0.1, 0.15) is 48.8 Å². The van der Waals surface area contributed by atoms with Gasteiger partial charge in [0.05, 0.1) is 51.4 Å². The zero-order valence-electron chi connectivity index (χ0n) is 17.7. The second kappa shape index (κ2) is 8.47. The van der Waals surface area contributed by atoms with E-state index < -0.39 is 0 Å². The monoisotopic (exact) mass is 413 g/mol. The third kappa shape index (κ3) is 3.56. The third-order valence-electron chi connectivity index (χ3n) is 5.73. The van der Waals surface area contributed by atoms with Crippen molar-refractivity contribution in [1.82, 2.24) is 9.97 Å². The molecule has 30 heavy (non-hydrogen) atoms. The van der Waals surface area contributed by atoms with Crippen LogP contribution in [0.4, 0.5) is 0 Å². The Balaban J connectivity index is 1.91. The van der Waals surface area contributed by atoms with Gasteiger partial charge in [0, 0.05) is 17.7 Å².